The van der Waals surface area contributed by atoms with E-state index in [4.69, 9.17) is 23.2 Å². The number of halogens is 2. The molecule has 0 saturated carbocycles. The molecule has 1 aliphatic rings. The van der Waals surface area contributed by atoms with Crippen LogP contribution in [0.5, 0.6) is 0 Å². The monoisotopic (exact) mass is 250 g/mol. The Bertz CT molecular complexity index is 434. The van der Waals surface area contributed by atoms with Crippen molar-refractivity contribution in [3.63, 3.8) is 0 Å². The van der Waals surface area contributed by atoms with E-state index in [1.807, 2.05) is 0 Å². The normalized spacial score (nSPS) is 11.1. The molecule has 0 N–H and O–H groups in total. The lowest BCUT2D eigenvalue weighted by molar-refractivity contribution is 1.26. The van der Waals surface area contributed by atoms with Crippen molar-refractivity contribution in [2.24, 2.45) is 0 Å². The first-order valence-electron chi connectivity index (χ1n) is 5.15. The van der Waals surface area contributed by atoms with Crippen LogP contribution in [0.25, 0.3) is 11.1 Å². The number of hydrogen-bond donors (Lipinski definition) is 0. The van der Waals surface area contributed by atoms with E-state index < -0.39 is 0 Å². The van der Waals surface area contributed by atoms with Crippen LogP contribution in [0.4, 0.5) is 0 Å². The maximum absolute atomic E-state index is 4.76. The second kappa shape index (κ2) is 5.38. The van der Waals surface area contributed by atoms with Crippen LogP contribution in [0.2, 0.25) is 0 Å². The van der Waals surface area contributed by atoms with Gasteiger partial charge in [0.15, 0.2) is 0 Å². The molecule has 16 heavy (non-hydrogen) atoms. The first kappa shape index (κ1) is 11.5. The Kier molecular flexibility index (Phi) is 3.87. The Morgan fingerprint density at radius 1 is 0.750 bits per heavy atom. The molecule has 82 valence electrons. The van der Waals surface area contributed by atoms with Crippen LogP contribution in [-0.2, 0) is 6.42 Å². The van der Waals surface area contributed by atoms with Crippen molar-refractivity contribution >= 4 is 23.2 Å². The zero-order valence-electron chi connectivity index (χ0n) is 8.79. The van der Waals surface area contributed by atoms with Crippen molar-refractivity contribution in [3.8, 4) is 11.1 Å². The summed E-state index contributed by atoms with van der Waals surface area (Å²) < 4.78 is 0. The lowest BCUT2D eigenvalue weighted by Gasteiger charge is -1.98. The summed E-state index contributed by atoms with van der Waals surface area (Å²) in [5, 5.41) is 0.194. The van der Waals surface area contributed by atoms with Crippen LogP contribution in [0.3, 0.4) is 0 Å². The highest BCUT2D eigenvalue weighted by molar-refractivity contribution is 6.40. The molecule has 0 nitrogen and oxygen atoms in total. The molecule has 3 rings (SSSR count). The van der Waals surface area contributed by atoms with Crippen molar-refractivity contribution in [1.29, 1.82) is 0 Å². The Morgan fingerprint density at radius 3 is 1.56 bits per heavy atom. The third-order valence-electron chi connectivity index (χ3n) is 2.71. The Morgan fingerprint density at radius 2 is 1.12 bits per heavy atom. The SMILES string of the molecule is ClCCl.c1ccc2c(c1)Cc1ccccc1-2. The summed E-state index contributed by atoms with van der Waals surface area (Å²) in [6.07, 6.45) is 1.10. The van der Waals surface area contributed by atoms with Gasteiger partial charge in [-0.05, 0) is 28.7 Å². The van der Waals surface area contributed by atoms with Crippen LogP contribution < -0.4 is 0 Å². The van der Waals surface area contributed by atoms with E-state index in [1.54, 1.807) is 0 Å². The molecule has 0 spiro atoms. The number of benzene rings is 2. The summed E-state index contributed by atoms with van der Waals surface area (Å²) in [4.78, 5) is 0. The topological polar surface area (TPSA) is 0 Å². The van der Waals surface area contributed by atoms with Gasteiger partial charge in [-0.2, -0.15) is 0 Å². The van der Waals surface area contributed by atoms with Crippen LogP contribution in [-0.4, -0.2) is 5.34 Å². The minimum atomic E-state index is 0.194. The Balaban J connectivity index is 0.000000292. The van der Waals surface area contributed by atoms with E-state index in [1.165, 1.54) is 22.3 Å². The van der Waals surface area contributed by atoms with Crippen molar-refractivity contribution < 1.29 is 0 Å². The third kappa shape index (κ3) is 2.23. The molecule has 0 amide bonds. The van der Waals surface area contributed by atoms with Crippen molar-refractivity contribution in [3.05, 3.63) is 59.7 Å². The largest absolute Gasteiger partial charge is 0.109 e. The molecule has 0 unspecified atom stereocenters. The quantitative estimate of drug-likeness (QED) is 0.509. The van der Waals surface area contributed by atoms with Crippen LogP contribution >= 0.6 is 23.2 Å². The average molecular weight is 251 g/mol. The molecule has 2 aromatic carbocycles. The van der Waals surface area contributed by atoms with Crippen LogP contribution in [0, 0.1) is 0 Å². The summed E-state index contributed by atoms with van der Waals surface area (Å²) in [5.74, 6) is 0. The molecule has 2 heteroatoms. The standard InChI is InChI=1S/C13H10.CH2Cl2/c1-3-7-12-10(5-1)9-11-6-2-4-8-13(11)12;2-1-3/h1-8H,9H2;1H2. The van der Waals surface area contributed by atoms with Crippen molar-refractivity contribution in [2.75, 3.05) is 5.34 Å². The predicted molar refractivity (Wildman–Crippen MR) is 71.3 cm³/mol. The lowest BCUT2D eigenvalue weighted by atomic mass is 10.1. The van der Waals surface area contributed by atoms with Crippen LogP contribution in [0.15, 0.2) is 48.5 Å². The molecule has 0 aromatic heterocycles. The van der Waals surface area contributed by atoms with Gasteiger partial charge in [0.25, 0.3) is 0 Å². The first-order valence-corrected chi connectivity index (χ1v) is 6.22. The van der Waals surface area contributed by atoms with E-state index >= 15 is 0 Å². The number of fused-ring (bicyclic) bond motifs is 3. The number of rotatable bonds is 0. The van der Waals surface area contributed by atoms with E-state index in [0.29, 0.717) is 0 Å². The van der Waals surface area contributed by atoms with Gasteiger partial charge in [-0.1, -0.05) is 48.5 Å². The molecule has 0 atom stereocenters. The summed E-state index contributed by atoms with van der Waals surface area (Å²) >= 11 is 9.53. The van der Waals surface area contributed by atoms with Gasteiger partial charge in [0, 0.05) is 0 Å². The number of alkyl halides is 2. The Hall–Kier alpha value is -0.980. The fourth-order valence-electron chi connectivity index (χ4n) is 2.08. The second-order valence-corrected chi connectivity index (χ2v) is 4.40. The molecule has 0 heterocycles. The highest BCUT2D eigenvalue weighted by atomic mass is 35.5. The first-order chi connectivity index (χ1) is 7.86. The highest BCUT2D eigenvalue weighted by Gasteiger charge is 2.15. The average Bonchev–Trinajstić information content (AvgIpc) is 2.68. The van der Waals surface area contributed by atoms with E-state index in [-0.39, 0.29) is 5.34 Å². The maximum Gasteiger partial charge on any atom is 0.0967 e. The second-order valence-electron chi connectivity index (χ2n) is 3.59. The zero-order chi connectivity index (χ0) is 11.4. The van der Waals surface area contributed by atoms with E-state index in [2.05, 4.69) is 48.5 Å². The van der Waals surface area contributed by atoms with Gasteiger partial charge in [0.1, 0.15) is 0 Å². The smallest absolute Gasteiger partial charge is 0.0967 e. The summed E-state index contributed by atoms with van der Waals surface area (Å²) in [6, 6.07) is 17.3. The summed E-state index contributed by atoms with van der Waals surface area (Å²) in [5.41, 5.74) is 5.75. The molecule has 2 aromatic rings. The highest BCUT2D eigenvalue weighted by Crippen LogP contribution is 2.35. The zero-order valence-corrected chi connectivity index (χ0v) is 10.3. The summed E-state index contributed by atoms with van der Waals surface area (Å²) in [6.45, 7) is 0. The molecule has 0 bridgehead atoms. The number of hydrogen-bond acceptors (Lipinski definition) is 0. The molecular weight excluding hydrogens is 239 g/mol. The van der Waals surface area contributed by atoms with E-state index in [0.717, 1.165) is 6.42 Å². The lowest BCUT2D eigenvalue weighted by Crippen LogP contribution is -1.77. The molecular formula is C14H12Cl2. The molecule has 0 saturated heterocycles. The van der Waals surface area contributed by atoms with Gasteiger partial charge in [0.2, 0.25) is 0 Å². The predicted octanol–water partition coefficient (Wildman–Crippen LogP) is 4.68. The van der Waals surface area contributed by atoms with E-state index in [9.17, 15) is 0 Å². The molecule has 0 aliphatic heterocycles. The molecule has 0 radical (unpaired) electrons. The minimum absolute atomic E-state index is 0.194. The minimum Gasteiger partial charge on any atom is -0.109 e. The van der Waals surface area contributed by atoms with Crippen molar-refractivity contribution in [2.45, 2.75) is 6.42 Å². The van der Waals surface area contributed by atoms with Crippen molar-refractivity contribution in [1.82, 2.24) is 0 Å². The fraction of sp³-hybridized carbons (Fsp3) is 0.143. The van der Waals surface area contributed by atoms with Gasteiger partial charge in [-0.15, -0.1) is 23.2 Å². The van der Waals surface area contributed by atoms with Gasteiger partial charge < -0.3 is 0 Å². The fourth-order valence-corrected chi connectivity index (χ4v) is 2.08. The van der Waals surface area contributed by atoms with Gasteiger partial charge in [0.05, 0.1) is 5.34 Å². The van der Waals surface area contributed by atoms with Crippen LogP contribution in [0.1, 0.15) is 11.1 Å². The Labute approximate surface area is 106 Å². The molecule has 1 aliphatic carbocycles. The summed E-state index contributed by atoms with van der Waals surface area (Å²) in [7, 11) is 0. The third-order valence-corrected chi connectivity index (χ3v) is 2.71. The van der Waals surface area contributed by atoms with Gasteiger partial charge >= 0.3 is 0 Å². The van der Waals surface area contributed by atoms with Gasteiger partial charge in [-0.3, -0.25) is 0 Å². The van der Waals surface area contributed by atoms with Gasteiger partial charge in [-0.25, -0.2) is 0 Å². The molecule has 0 fully saturated rings. The maximum atomic E-state index is 4.76.